The standard InChI is InChI=1S/C21H24N2O4/c1-15-7-9-17(10-8-15)14-23(12-11-20(25)27-3)21(26)18-5-4-6-19(13-18)22-16(2)24/h4-10,13H,11-12,14H2,1-3H3,(H,22,24). The van der Waals surface area contributed by atoms with E-state index in [9.17, 15) is 14.4 Å². The van der Waals surface area contributed by atoms with Gasteiger partial charge in [0.1, 0.15) is 0 Å². The average molecular weight is 368 g/mol. The molecule has 0 saturated heterocycles. The summed E-state index contributed by atoms with van der Waals surface area (Å²) in [5.74, 6) is -0.794. The zero-order chi connectivity index (χ0) is 19.8. The number of nitrogens with zero attached hydrogens (tertiary/aromatic N) is 1. The number of carbonyl (C=O) groups excluding carboxylic acids is 3. The number of anilines is 1. The first-order valence-electron chi connectivity index (χ1n) is 8.68. The highest BCUT2D eigenvalue weighted by atomic mass is 16.5. The van der Waals surface area contributed by atoms with Gasteiger partial charge in [-0.05, 0) is 30.7 Å². The Labute approximate surface area is 159 Å². The SMILES string of the molecule is COC(=O)CCN(Cc1ccc(C)cc1)C(=O)c1cccc(NC(C)=O)c1. The van der Waals surface area contributed by atoms with Crippen molar-refractivity contribution < 1.29 is 19.1 Å². The second-order valence-electron chi connectivity index (χ2n) is 6.30. The van der Waals surface area contributed by atoms with Gasteiger partial charge in [0.05, 0.1) is 13.5 Å². The molecule has 0 aliphatic heterocycles. The van der Waals surface area contributed by atoms with Crippen LogP contribution in [0.3, 0.4) is 0 Å². The lowest BCUT2D eigenvalue weighted by Gasteiger charge is -2.23. The van der Waals surface area contributed by atoms with Crippen LogP contribution in [0.25, 0.3) is 0 Å². The lowest BCUT2D eigenvalue weighted by atomic mass is 10.1. The third-order valence-electron chi connectivity index (χ3n) is 4.02. The lowest BCUT2D eigenvalue weighted by Crippen LogP contribution is -2.32. The summed E-state index contributed by atoms with van der Waals surface area (Å²) in [6.07, 6.45) is 0.111. The maximum absolute atomic E-state index is 13.0. The molecule has 27 heavy (non-hydrogen) atoms. The molecule has 0 unspecified atom stereocenters. The first-order chi connectivity index (χ1) is 12.9. The number of carbonyl (C=O) groups is 3. The van der Waals surface area contributed by atoms with Gasteiger partial charge in [-0.1, -0.05) is 35.9 Å². The molecule has 0 aliphatic carbocycles. The maximum Gasteiger partial charge on any atom is 0.307 e. The van der Waals surface area contributed by atoms with Crippen molar-refractivity contribution in [2.24, 2.45) is 0 Å². The van der Waals surface area contributed by atoms with Crippen LogP contribution in [0.2, 0.25) is 0 Å². The molecule has 0 spiro atoms. The fraction of sp³-hybridized carbons (Fsp3) is 0.286. The maximum atomic E-state index is 13.0. The summed E-state index contributed by atoms with van der Waals surface area (Å²) in [4.78, 5) is 37.4. The highest BCUT2D eigenvalue weighted by Gasteiger charge is 2.18. The van der Waals surface area contributed by atoms with E-state index in [1.807, 2.05) is 31.2 Å². The number of esters is 1. The van der Waals surface area contributed by atoms with E-state index in [0.717, 1.165) is 11.1 Å². The molecule has 0 saturated carbocycles. The van der Waals surface area contributed by atoms with Crippen molar-refractivity contribution >= 4 is 23.5 Å². The Balaban J connectivity index is 2.22. The monoisotopic (exact) mass is 368 g/mol. The van der Waals surface area contributed by atoms with Crippen LogP contribution in [0.1, 0.15) is 34.8 Å². The van der Waals surface area contributed by atoms with Gasteiger partial charge in [0.25, 0.3) is 5.91 Å². The van der Waals surface area contributed by atoms with Gasteiger partial charge in [0.2, 0.25) is 5.91 Å². The van der Waals surface area contributed by atoms with Crippen LogP contribution in [0.15, 0.2) is 48.5 Å². The van der Waals surface area contributed by atoms with Gasteiger partial charge in [0.15, 0.2) is 0 Å². The molecule has 0 heterocycles. The Morgan fingerprint density at radius 3 is 2.41 bits per heavy atom. The summed E-state index contributed by atoms with van der Waals surface area (Å²) in [6.45, 7) is 4.02. The molecule has 0 bridgehead atoms. The van der Waals surface area contributed by atoms with Crippen molar-refractivity contribution in [2.45, 2.75) is 26.8 Å². The Morgan fingerprint density at radius 2 is 1.78 bits per heavy atom. The molecule has 0 aromatic heterocycles. The van der Waals surface area contributed by atoms with Crippen molar-refractivity contribution in [1.82, 2.24) is 4.90 Å². The van der Waals surface area contributed by atoms with Crippen LogP contribution in [-0.4, -0.2) is 36.3 Å². The Bertz CT molecular complexity index is 815. The summed E-state index contributed by atoms with van der Waals surface area (Å²) < 4.78 is 4.69. The van der Waals surface area contributed by atoms with E-state index in [4.69, 9.17) is 4.74 Å². The van der Waals surface area contributed by atoms with Gasteiger partial charge in [-0.25, -0.2) is 0 Å². The molecular formula is C21H24N2O4. The van der Waals surface area contributed by atoms with Crippen LogP contribution >= 0.6 is 0 Å². The molecular weight excluding hydrogens is 344 g/mol. The Morgan fingerprint density at radius 1 is 1.07 bits per heavy atom. The molecule has 6 nitrogen and oxygen atoms in total. The molecule has 2 aromatic carbocycles. The number of methoxy groups -OCH3 is 1. The number of benzene rings is 2. The summed E-state index contributed by atoms with van der Waals surface area (Å²) in [7, 11) is 1.32. The van der Waals surface area contributed by atoms with Gasteiger partial charge in [-0.2, -0.15) is 0 Å². The summed E-state index contributed by atoms with van der Waals surface area (Å²) >= 11 is 0. The van der Waals surface area contributed by atoms with Gasteiger partial charge in [0, 0.05) is 31.3 Å². The molecule has 1 N–H and O–H groups in total. The van der Waals surface area contributed by atoms with Gasteiger partial charge in [-0.15, -0.1) is 0 Å². The fourth-order valence-electron chi connectivity index (χ4n) is 2.61. The number of rotatable bonds is 7. The van der Waals surface area contributed by atoms with E-state index in [0.29, 0.717) is 17.8 Å². The predicted octanol–water partition coefficient (Wildman–Crippen LogP) is 3.16. The Kier molecular flexibility index (Phi) is 7.11. The van der Waals surface area contributed by atoms with E-state index in [-0.39, 0.29) is 30.7 Å². The third kappa shape index (κ3) is 6.26. The van der Waals surface area contributed by atoms with Crippen molar-refractivity contribution in [3.63, 3.8) is 0 Å². The van der Waals surface area contributed by atoms with Crippen LogP contribution in [0.5, 0.6) is 0 Å². The number of nitrogens with one attached hydrogen (secondary N) is 1. The van der Waals surface area contributed by atoms with Crippen molar-refractivity contribution in [3.8, 4) is 0 Å². The summed E-state index contributed by atoms with van der Waals surface area (Å²) in [5, 5.41) is 2.67. The smallest absolute Gasteiger partial charge is 0.307 e. The number of amides is 2. The normalized spacial score (nSPS) is 10.2. The largest absolute Gasteiger partial charge is 0.469 e. The fourth-order valence-corrected chi connectivity index (χ4v) is 2.61. The molecule has 2 aromatic rings. The minimum atomic E-state index is -0.372. The lowest BCUT2D eigenvalue weighted by molar-refractivity contribution is -0.140. The van der Waals surface area contributed by atoms with Gasteiger partial charge in [-0.3, -0.25) is 14.4 Å². The molecule has 0 fully saturated rings. The molecule has 2 rings (SSSR count). The molecule has 0 radical (unpaired) electrons. The van der Waals surface area contributed by atoms with Gasteiger partial charge >= 0.3 is 5.97 Å². The van der Waals surface area contributed by atoms with Crippen molar-refractivity contribution in [1.29, 1.82) is 0 Å². The molecule has 6 heteroatoms. The zero-order valence-corrected chi connectivity index (χ0v) is 15.8. The second kappa shape index (κ2) is 9.52. The highest BCUT2D eigenvalue weighted by Crippen LogP contribution is 2.16. The topological polar surface area (TPSA) is 75.7 Å². The van der Waals surface area contributed by atoms with E-state index in [2.05, 4.69) is 5.32 Å². The highest BCUT2D eigenvalue weighted by molar-refractivity contribution is 5.97. The number of hydrogen-bond donors (Lipinski definition) is 1. The average Bonchev–Trinajstić information content (AvgIpc) is 2.65. The summed E-state index contributed by atoms with van der Waals surface area (Å²) in [5.41, 5.74) is 3.10. The minimum absolute atomic E-state index is 0.111. The van der Waals surface area contributed by atoms with Crippen LogP contribution < -0.4 is 5.32 Å². The molecule has 0 atom stereocenters. The van der Waals surface area contributed by atoms with E-state index >= 15 is 0 Å². The zero-order valence-electron chi connectivity index (χ0n) is 15.8. The van der Waals surface area contributed by atoms with E-state index < -0.39 is 0 Å². The number of aryl methyl sites for hydroxylation is 1. The molecule has 142 valence electrons. The minimum Gasteiger partial charge on any atom is -0.469 e. The third-order valence-corrected chi connectivity index (χ3v) is 4.02. The van der Waals surface area contributed by atoms with Gasteiger partial charge < -0.3 is 15.0 Å². The first-order valence-corrected chi connectivity index (χ1v) is 8.68. The number of hydrogen-bond acceptors (Lipinski definition) is 4. The van der Waals surface area contributed by atoms with E-state index in [1.165, 1.54) is 14.0 Å². The quantitative estimate of drug-likeness (QED) is 0.762. The molecule has 2 amide bonds. The Hall–Kier alpha value is -3.15. The first kappa shape index (κ1) is 20.2. The van der Waals surface area contributed by atoms with Crippen molar-refractivity contribution in [3.05, 3.63) is 65.2 Å². The summed E-state index contributed by atoms with van der Waals surface area (Å²) in [6, 6.07) is 14.6. The second-order valence-corrected chi connectivity index (χ2v) is 6.30. The van der Waals surface area contributed by atoms with E-state index in [1.54, 1.807) is 29.2 Å². The predicted molar refractivity (Wildman–Crippen MR) is 103 cm³/mol. The molecule has 0 aliphatic rings. The van der Waals surface area contributed by atoms with Crippen LogP contribution in [0, 0.1) is 6.92 Å². The van der Waals surface area contributed by atoms with Crippen LogP contribution in [-0.2, 0) is 20.9 Å². The van der Waals surface area contributed by atoms with Crippen molar-refractivity contribution in [2.75, 3.05) is 19.0 Å². The van der Waals surface area contributed by atoms with Crippen LogP contribution in [0.4, 0.5) is 5.69 Å². The number of ether oxygens (including phenoxy) is 1.